The third-order valence-corrected chi connectivity index (χ3v) is 6.02. The molecule has 9 heteroatoms. The van der Waals surface area contributed by atoms with Crippen LogP contribution in [0.25, 0.3) is 0 Å². The molecule has 0 spiro atoms. The van der Waals surface area contributed by atoms with E-state index < -0.39 is 0 Å². The zero-order valence-corrected chi connectivity index (χ0v) is 14.4. The van der Waals surface area contributed by atoms with E-state index in [0.29, 0.717) is 35.2 Å². The Morgan fingerprint density at radius 2 is 2.29 bits per heavy atom. The van der Waals surface area contributed by atoms with E-state index in [1.165, 1.54) is 19.3 Å². The molecule has 8 nitrogen and oxygen atoms in total. The predicted octanol–water partition coefficient (Wildman–Crippen LogP) is 1.52. The third kappa shape index (κ3) is 3.04. The highest BCUT2D eigenvalue weighted by Crippen LogP contribution is 2.35. The van der Waals surface area contributed by atoms with Crippen LogP contribution in [-0.2, 0) is 6.54 Å². The Morgan fingerprint density at radius 3 is 3.12 bits per heavy atom. The monoisotopic (exact) mass is 348 g/mol. The van der Waals surface area contributed by atoms with Gasteiger partial charge in [0.2, 0.25) is 5.89 Å². The van der Waals surface area contributed by atoms with Gasteiger partial charge in [-0.2, -0.15) is 16.7 Å². The van der Waals surface area contributed by atoms with Crippen molar-refractivity contribution in [1.82, 2.24) is 30.0 Å². The number of aryl methyl sites for hydroxylation is 1. The minimum atomic E-state index is -0.0113. The van der Waals surface area contributed by atoms with Crippen LogP contribution in [0, 0.1) is 6.92 Å². The van der Waals surface area contributed by atoms with E-state index in [1.54, 1.807) is 17.8 Å². The lowest BCUT2D eigenvalue weighted by Crippen LogP contribution is -2.51. The lowest BCUT2D eigenvalue weighted by Gasteiger charge is -2.43. The van der Waals surface area contributed by atoms with Crippen LogP contribution >= 0.6 is 11.8 Å². The Balaban J connectivity index is 1.48. The molecule has 1 amide bonds. The zero-order chi connectivity index (χ0) is 16.5. The molecular weight excluding hydrogens is 328 g/mol. The number of amides is 1. The molecule has 2 atom stereocenters. The summed E-state index contributed by atoms with van der Waals surface area (Å²) in [6.45, 7) is 2.88. The van der Waals surface area contributed by atoms with Gasteiger partial charge in [-0.1, -0.05) is 23.2 Å². The quantitative estimate of drug-likeness (QED) is 0.830. The summed E-state index contributed by atoms with van der Waals surface area (Å²) in [4.78, 5) is 19.0. The molecule has 0 unspecified atom stereocenters. The van der Waals surface area contributed by atoms with Crippen LogP contribution < -0.4 is 0 Å². The maximum absolute atomic E-state index is 12.9. The van der Waals surface area contributed by atoms with Crippen LogP contribution in [0.5, 0.6) is 0 Å². The van der Waals surface area contributed by atoms with E-state index in [4.69, 9.17) is 4.52 Å². The van der Waals surface area contributed by atoms with Crippen LogP contribution in [-0.4, -0.2) is 59.5 Å². The van der Waals surface area contributed by atoms with Crippen molar-refractivity contribution in [2.75, 3.05) is 12.3 Å². The summed E-state index contributed by atoms with van der Waals surface area (Å²) in [7, 11) is 0. The van der Waals surface area contributed by atoms with E-state index in [0.717, 1.165) is 18.7 Å². The van der Waals surface area contributed by atoms with Crippen molar-refractivity contribution in [1.29, 1.82) is 0 Å². The highest BCUT2D eigenvalue weighted by Gasteiger charge is 2.37. The normalized spacial score (nSPS) is 24.0. The molecule has 3 heterocycles. The fourth-order valence-corrected chi connectivity index (χ4v) is 4.96. The molecule has 0 N–H and O–H groups in total. The minimum Gasteiger partial charge on any atom is -0.340 e. The lowest BCUT2D eigenvalue weighted by molar-refractivity contribution is 0.0640. The summed E-state index contributed by atoms with van der Waals surface area (Å²) in [6.07, 6.45) is 6.46. The number of aromatic nitrogens is 5. The van der Waals surface area contributed by atoms with Gasteiger partial charge in [0.25, 0.3) is 5.91 Å². The summed E-state index contributed by atoms with van der Waals surface area (Å²) in [5.74, 6) is 2.03. The topological polar surface area (TPSA) is 89.9 Å². The minimum absolute atomic E-state index is 0.0113. The van der Waals surface area contributed by atoms with Gasteiger partial charge in [-0.3, -0.25) is 4.79 Å². The molecule has 2 aromatic rings. The number of carbonyl (C=O) groups is 1. The average molecular weight is 348 g/mol. The van der Waals surface area contributed by atoms with E-state index >= 15 is 0 Å². The number of thioether (sulfide) groups is 1. The molecule has 1 aliphatic carbocycles. The standard InChI is InChI=1S/C15H20N6O2S/c1-10-16-14(18-23-10)9-20-8-11(17-19-20)15(22)21-6-7-24-13-5-3-2-4-12(13)21/h8,12-13H,2-7,9H2,1H3/t12-,13+/m1/s1. The highest BCUT2D eigenvalue weighted by atomic mass is 32.2. The molecule has 24 heavy (non-hydrogen) atoms. The number of fused-ring (bicyclic) bond motifs is 1. The van der Waals surface area contributed by atoms with Crippen LogP contribution in [0.4, 0.5) is 0 Å². The summed E-state index contributed by atoms with van der Waals surface area (Å²) in [6, 6.07) is 0.343. The van der Waals surface area contributed by atoms with Gasteiger partial charge < -0.3 is 9.42 Å². The van der Waals surface area contributed by atoms with Crippen molar-refractivity contribution in [3.8, 4) is 0 Å². The fourth-order valence-electron chi connectivity index (χ4n) is 3.52. The SMILES string of the molecule is Cc1nc(Cn2cc(C(=O)N3CCS[C@H]4CCCC[C@H]43)nn2)no1. The van der Waals surface area contributed by atoms with Gasteiger partial charge >= 0.3 is 0 Å². The first kappa shape index (κ1) is 15.6. The fraction of sp³-hybridized carbons (Fsp3) is 0.667. The summed E-state index contributed by atoms with van der Waals surface area (Å²) in [5.41, 5.74) is 0.395. The Hall–Kier alpha value is -1.90. The average Bonchev–Trinajstić information content (AvgIpc) is 3.23. The van der Waals surface area contributed by atoms with Crippen molar-refractivity contribution in [2.24, 2.45) is 0 Å². The van der Waals surface area contributed by atoms with Crippen LogP contribution in [0.1, 0.15) is 47.9 Å². The lowest BCUT2D eigenvalue weighted by atomic mass is 9.93. The molecule has 1 aliphatic heterocycles. The van der Waals surface area contributed by atoms with Gasteiger partial charge in [0.05, 0.1) is 6.20 Å². The maximum atomic E-state index is 12.9. The molecule has 1 saturated heterocycles. The smallest absolute Gasteiger partial charge is 0.276 e. The molecule has 0 aromatic carbocycles. The first-order chi connectivity index (χ1) is 11.7. The molecule has 0 radical (unpaired) electrons. The van der Waals surface area contributed by atoms with E-state index in [9.17, 15) is 4.79 Å². The Kier molecular flexibility index (Phi) is 4.26. The Bertz CT molecular complexity index is 727. The molecule has 2 fully saturated rings. The van der Waals surface area contributed by atoms with Crippen molar-refractivity contribution in [3.05, 3.63) is 23.6 Å². The van der Waals surface area contributed by atoms with Gasteiger partial charge in [-0.05, 0) is 12.8 Å². The predicted molar refractivity (Wildman–Crippen MR) is 87.7 cm³/mol. The Morgan fingerprint density at radius 1 is 1.42 bits per heavy atom. The summed E-state index contributed by atoms with van der Waals surface area (Å²) < 4.78 is 6.52. The molecule has 1 saturated carbocycles. The number of hydrogen-bond acceptors (Lipinski definition) is 7. The van der Waals surface area contributed by atoms with Crippen LogP contribution in [0.3, 0.4) is 0 Å². The van der Waals surface area contributed by atoms with Gasteiger partial charge in [0, 0.05) is 30.5 Å². The molecule has 2 aliphatic rings. The number of rotatable bonds is 3. The number of nitrogens with zero attached hydrogens (tertiary/aromatic N) is 6. The molecule has 0 bridgehead atoms. The highest BCUT2D eigenvalue weighted by molar-refractivity contribution is 8.00. The summed E-state index contributed by atoms with van der Waals surface area (Å²) >= 11 is 2.01. The second-order valence-corrected chi connectivity index (χ2v) is 7.64. The van der Waals surface area contributed by atoms with Crippen LogP contribution in [0.2, 0.25) is 0 Å². The second-order valence-electron chi connectivity index (χ2n) is 6.29. The number of hydrogen-bond donors (Lipinski definition) is 0. The Labute approximate surface area is 144 Å². The number of carbonyl (C=O) groups excluding carboxylic acids is 1. The summed E-state index contributed by atoms with van der Waals surface area (Å²) in [5, 5.41) is 12.5. The largest absolute Gasteiger partial charge is 0.340 e. The molecular formula is C15H20N6O2S. The zero-order valence-electron chi connectivity index (χ0n) is 13.6. The van der Waals surface area contributed by atoms with Crippen molar-refractivity contribution < 1.29 is 9.32 Å². The van der Waals surface area contributed by atoms with Crippen molar-refractivity contribution >= 4 is 17.7 Å². The van der Waals surface area contributed by atoms with Crippen molar-refractivity contribution in [2.45, 2.75) is 50.4 Å². The van der Waals surface area contributed by atoms with E-state index in [-0.39, 0.29) is 5.91 Å². The molecule has 2 aromatic heterocycles. The molecule has 128 valence electrons. The maximum Gasteiger partial charge on any atom is 0.276 e. The van der Waals surface area contributed by atoms with Crippen LogP contribution in [0.15, 0.2) is 10.7 Å². The van der Waals surface area contributed by atoms with Gasteiger partial charge in [-0.15, -0.1) is 5.10 Å². The second kappa shape index (κ2) is 6.54. The first-order valence-corrected chi connectivity index (χ1v) is 9.37. The van der Waals surface area contributed by atoms with E-state index in [2.05, 4.69) is 20.5 Å². The third-order valence-electron chi connectivity index (χ3n) is 4.62. The molecule has 4 rings (SSSR count). The van der Waals surface area contributed by atoms with Crippen molar-refractivity contribution in [3.63, 3.8) is 0 Å². The van der Waals surface area contributed by atoms with Gasteiger partial charge in [0.1, 0.15) is 6.54 Å². The van der Waals surface area contributed by atoms with E-state index in [1.807, 2.05) is 16.7 Å². The van der Waals surface area contributed by atoms with Gasteiger partial charge in [-0.25, -0.2) is 4.68 Å². The first-order valence-electron chi connectivity index (χ1n) is 8.32. The van der Waals surface area contributed by atoms with Gasteiger partial charge in [0.15, 0.2) is 11.5 Å².